The van der Waals surface area contributed by atoms with Crippen LogP contribution in [0.15, 0.2) is 22.7 Å². The van der Waals surface area contributed by atoms with Gasteiger partial charge < -0.3 is 10.2 Å². The van der Waals surface area contributed by atoms with E-state index in [0.29, 0.717) is 21.7 Å². The Morgan fingerprint density at radius 1 is 1.42 bits per heavy atom. The fourth-order valence-corrected chi connectivity index (χ4v) is 4.32. The molecule has 1 aromatic carbocycles. The Kier molecular flexibility index (Phi) is 5.32. The molecule has 1 amide bonds. The fourth-order valence-electron chi connectivity index (χ4n) is 3.13. The van der Waals surface area contributed by atoms with Crippen LogP contribution in [0.1, 0.15) is 11.6 Å². The Balaban J connectivity index is 1.96. The molecular formula is C16H14BrClF2N4OS. The first-order valence-electron chi connectivity index (χ1n) is 7.60. The summed E-state index contributed by atoms with van der Waals surface area (Å²) in [5, 5.41) is 6.86. The largest absolute Gasteiger partial charge is 0.368 e. The molecule has 10 heteroatoms. The molecule has 2 atom stereocenters. The van der Waals surface area contributed by atoms with Crippen LogP contribution in [0, 0.1) is 17.6 Å². The van der Waals surface area contributed by atoms with Crippen LogP contribution in [-0.2, 0) is 11.8 Å². The Morgan fingerprint density at radius 2 is 2.12 bits per heavy atom. The van der Waals surface area contributed by atoms with Crippen molar-refractivity contribution in [3.63, 3.8) is 0 Å². The molecule has 0 unspecified atom stereocenters. The van der Waals surface area contributed by atoms with Crippen LogP contribution < -0.4 is 5.32 Å². The van der Waals surface area contributed by atoms with Crippen LogP contribution in [0.3, 0.4) is 0 Å². The van der Waals surface area contributed by atoms with E-state index in [1.165, 1.54) is 12.1 Å². The maximum Gasteiger partial charge on any atom is 0.235 e. The molecule has 1 aliphatic heterocycles. The van der Waals surface area contributed by atoms with E-state index < -0.39 is 23.5 Å². The summed E-state index contributed by atoms with van der Waals surface area (Å²) in [7, 11) is 3.49. The van der Waals surface area contributed by atoms with Crippen molar-refractivity contribution in [3.8, 4) is 0 Å². The van der Waals surface area contributed by atoms with Crippen molar-refractivity contribution in [1.29, 1.82) is 0 Å². The highest BCUT2D eigenvalue weighted by Gasteiger charge is 2.44. The number of benzene rings is 1. The minimum absolute atomic E-state index is 0.229. The van der Waals surface area contributed by atoms with Crippen molar-refractivity contribution >= 4 is 56.3 Å². The van der Waals surface area contributed by atoms with Gasteiger partial charge in [-0.05, 0) is 28.1 Å². The number of nitrogens with zero attached hydrogens (tertiary/aromatic N) is 3. The lowest BCUT2D eigenvalue weighted by molar-refractivity contribution is -0.118. The molecule has 0 bridgehead atoms. The van der Waals surface area contributed by atoms with Gasteiger partial charge in [-0.2, -0.15) is 5.10 Å². The number of carbonyl (C=O) groups is 1. The lowest BCUT2D eigenvalue weighted by Crippen LogP contribution is -2.32. The fraction of sp³-hybridized carbons (Fsp3) is 0.312. The Labute approximate surface area is 167 Å². The van der Waals surface area contributed by atoms with Gasteiger partial charge in [0.1, 0.15) is 0 Å². The molecule has 0 spiro atoms. The van der Waals surface area contributed by atoms with Crippen molar-refractivity contribution < 1.29 is 13.6 Å². The van der Waals surface area contributed by atoms with Crippen LogP contribution in [-0.4, -0.2) is 39.2 Å². The predicted octanol–water partition coefficient (Wildman–Crippen LogP) is 3.73. The Morgan fingerprint density at radius 3 is 2.73 bits per heavy atom. The molecule has 0 aliphatic carbocycles. The number of carbonyl (C=O) groups excluding carboxylic acids is 1. The molecule has 2 heterocycles. The highest BCUT2D eigenvalue weighted by atomic mass is 79.9. The van der Waals surface area contributed by atoms with Gasteiger partial charge in [-0.15, -0.1) is 0 Å². The first-order chi connectivity index (χ1) is 12.2. The molecule has 1 saturated heterocycles. The molecule has 5 nitrogen and oxygen atoms in total. The number of likely N-dealkylation sites (N-methyl/N-ethyl adjacent to an activating group) is 1. The number of aromatic nitrogens is 2. The van der Waals surface area contributed by atoms with Gasteiger partial charge in [-0.3, -0.25) is 9.48 Å². The molecule has 26 heavy (non-hydrogen) atoms. The van der Waals surface area contributed by atoms with E-state index in [2.05, 4.69) is 26.3 Å². The third kappa shape index (κ3) is 3.23. The standard InChI is InChI=1S/C16H14BrClF2N4OS/c1-23-6-7(13-11(17)14(18)22-24(13)2)10(16(23)26)15(25)21-9-5-3-4-8(19)12(9)20/h3-5,7,10H,6H2,1-2H3,(H,21,25)/t7-,10-/m0/s1. The third-order valence-corrected chi connectivity index (χ3v) is 6.19. The molecule has 1 aromatic heterocycles. The van der Waals surface area contributed by atoms with Gasteiger partial charge >= 0.3 is 0 Å². The lowest BCUT2D eigenvalue weighted by atomic mass is 9.91. The van der Waals surface area contributed by atoms with Gasteiger partial charge in [0.15, 0.2) is 16.8 Å². The van der Waals surface area contributed by atoms with Crippen LogP contribution in [0.2, 0.25) is 5.15 Å². The van der Waals surface area contributed by atoms with Crippen molar-refractivity contribution in [3.05, 3.63) is 45.2 Å². The number of rotatable bonds is 3. The van der Waals surface area contributed by atoms with E-state index in [0.717, 1.165) is 6.07 Å². The molecule has 1 aliphatic rings. The van der Waals surface area contributed by atoms with Crippen LogP contribution >= 0.6 is 39.7 Å². The summed E-state index contributed by atoms with van der Waals surface area (Å²) >= 11 is 14.9. The van der Waals surface area contributed by atoms with Gasteiger partial charge in [-0.25, -0.2) is 8.78 Å². The molecule has 1 fully saturated rings. The average molecular weight is 464 g/mol. The normalized spacial score (nSPS) is 19.9. The summed E-state index contributed by atoms with van der Waals surface area (Å²) in [5.41, 5.74) is 0.481. The molecule has 138 valence electrons. The maximum atomic E-state index is 13.9. The quantitative estimate of drug-likeness (QED) is 0.705. The molecule has 1 N–H and O–H groups in total. The van der Waals surface area contributed by atoms with E-state index in [9.17, 15) is 13.6 Å². The number of halogens is 4. The molecular weight excluding hydrogens is 450 g/mol. The minimum atomic E-state index is -1.11. The van der Waals surface area contributed by atoms with E-state index in [-0.39, 0.29) is 16.8 Å². The maximum absolute atomic E-state index is 13.9. The first-order valence-corrected chi connectivity index (χ1v) is 9.18. The highest BCUT2D eigenvalue weighted by molar-refractivity contribution is 9.10. The molecule has 2 aromatic rings. The number of hydrogen-bond acceptors (Lipinski definition) is 3. The van der Waals surface area contributed by atoms with Gasteiger partial charge in [0, 0.05) is 26.6 Å². The zero-order valence-electron chi connectivity index (χ0n) is 13.8. The summed E-state index contributed by atoms with van der Waals surface area (Å²) < 4.78 is 29.5. The number of hydrogen-bond donors (Lipinski definition) is 1. The summed E-state index contributed by atoms with van der Waals surface area (Å²) in [4.78, 5) is 15.0. The summed E-state index contributed by atoms with van der Waals surface area (Å²) in [5.74, 6) is -3.76. The van der Waals surface area contributed by atoms with Crippen molar-refractivity contribution in [2.75, 3.05) is 18.9 Å². The Hall–Kier alpha value is -1.58. The predicted molar refractivity (Wildman–Crippen MR) is 102 cm³/mol. The number of likely N-dealkylation sites (tertiary alicyclic amines) is 1. The second kappa shape index (κ2) is 7.21. The van der Waals surface area contributed by atoms with Gasteiger partial charge in [-0.1, -0.05) is 29.9 Å². The number of thiocarbonyl (C=S) groups is 1. The highest BCUT2D eigenvalue weighted by Crippen LogP contribution is 2.40. The van der Waals surface area contributed by atoms with Crippen LogP contribution in [0.5, 0.6) is 0 Å². The van der Waals surface area contributed by atoms with E-state index in [1.54, 1.807) is 23.7 Å². The number of nitrogens with one attached hydrogen (secondary N) is 1. The average Bonchev–Trinajstić information content (AvgIpc) is 3.00. The zero-order chi connectivity index (χ0) is 19.2. The van der Waals surface area contributed by atoms with E-state index in [4.69, 9.17) is 23.8 Å². The monoisotopic (exact) mass is 462 g/mol. The summed E-state index contributed by atoms with van der Waals surface area (Å²) in [6.07, 6.45) is 0. The Bertz CT molecular complexity index is 907. The topological polar surface area (TPSA) is 50.2 Å². The zero-order valence-corrected chi connectivity index (χ0v) is 16.9. The van der Waals surface area contributed by atoms with Crippen molar-refractivity contribution in [2.24, 2.45) is 13.0 Å². The SMILES string of the molecule is CN1C[C@H](c2c(Br)c(Cl)nn2C)[C@@H](C(=O)Nc2cccc(F)c2F)C1=S. The second-order valence-electron chi connectivity index (χ2n) is 6.01. The van der Waals surface area contributed by atoms with Gasteiger partial charge in [0.2, 0.25) is 5.91 Å². The molecule has 0 saturated carbocycles. The second-order valence-corrected chi connectivity index (χ2v) is 7.58. The van der Waals surface area contributed by atoms with Gasteiger partial charge in [0.05, 0.1) is 26.8 Å². The summed E-state index contributed by atoms with van der Waals surface area (Å²) in [6, 6.07) is 3.60. The summed E-state index contributed by atoms with van der Waals surface area (Å²) in [6.45, 7) is 0.469. The van der Waals surface area contributed by atoms with Crippen molar-refractivity contribution in [1.82, 2.24) is 14.7 Å². The number of anilines is 1. The lowest BCUT2D eigenvalue weighted by Gasteiger charge is -2.19. The van der Waals surface area contributed by atoms with Crippen LogP contribution in [0.25, 0.3) is 0 Å². The first kappa shape index (κ1) is 19.2. The smallest absolute Gasteiger partial charge is 0.235 e. The minimum Gasteiger partial charge on any atom is -0.368 e. The molecule has 3 rings (SSSR count). The number of amides is 1. The number of aryl methyl sites for hydroxylation is 1. The van der Waals surface area contributed by atoms with E-state index in [1.807, 2.05) is 0 Å². The van der Waals surface area contributed by atoms with E-state index >= 15 is 0 Å². The van der Waals surface area contributed by atoms with Gasteiger partial charge in [0.25, 0.3) is 0 Å². The third-order valence-electron chi connectivity index (χ3n) is 4.35. The molecule has 0 radical (unpaired) electrons. The van der Waals surface area contributed by atoms with Crippen LogP contribution in [0.4, 0.5) is 14.5 Å². The van der Waals surface area contributed by atoms with Crippen molar-refractivity contribution in [2.45, 2.75) is 5.92 Å².